The third-order valence-corrected chi connectivity index (χ3v) is 10.0. The molecule has 3 heterocycles. The van der Waals surface area contributed by atoms with Crippen molar-refractivity contribution in [1.82, 2.24) is 4.57 Å². The molecule has 43 heavy (non-hydrogen) atoms. The van der Waals surface area contributed by atoms with E-state index in [0.29, 0.717) is 26.2 Å². The van der Waals surface area contributed by atoms with Crippen LogP contribution in [0.1, 0.15) is 21.9 Å². The van der Waals surface area contributed by atoms with Crippen molar-refractivity contribution in [2.75, 3.05) is 10.2 Å². The van der Waals surface area contributed by atoms with Gasteiger partial charge in [-0.05, 0) is 60.2 Å². The predicted octanol–water partition coefficient (Wildman–Crippen LogP) is 5.72. The fourth-order valence-electron chi connectivity index (χ4n) is 5.26. The quantitative estimate of drug-likeness (QED) is 0.269. The number of anilines is 2. The van der Waals surface area contributed by atoms with Crippen molar-refractivity contribution in [3.8, 4) is 5.75 Å². The Morgan fingerprint density at radius 3 is 2.35 bits per heavy atom. The lowest BCUT2D eigenvalue weighted by Crippen LogP contribution is -2.33. The number of thioether (sulfide) groups is 1. The van der Waals surface area contributed by atoms with Gasteiger partial charge in [-0.1, -0.05) is 52.9 Å². The molecular weight excluding hydrogens is 627 g/mol. The van der Waals surface area contributed by atoms with E-state index in [9.17, 15) is 37.5 Å². The summed E-state index contributed by atoms with van der Waals surface area (Å²) < 4.78 is 40.6. The number of benzene rings is 3. The number of nitrogens with zero attached hydrogens (tertiary/aromatic N) is 2. The zero-order valence-electron chi connectivity index (χ0n) is 21.7. The summed E-state index contributed by atoms with van der Waals surface area (Å²) in [5.74, 6) is -3.38. The van der Waals surface area contributed by atoms with Gasteiger partial charge in [-0.2, -0.15) is 13.2 Å². The van der Waals surface area contributed by atoms with E-state index in [1.54, 1.807) is 36.4 Å². The number of phenols is 1. The number of aromatic nitrogens is 1. The lowest BCUT2D eigenvalue weighted by Gasteiger charge is -2.30. The molecule has 0 aliphatic carbocycles. The molecule has 0 spiro atoms. The number of alkyl halides is 3. The first-order valence-electron chi connectivity index (χ1n) is 12.7. The maximum absolute atomic E-state index is 13.9. The molecule has 3 aromatic carbocycles. The van der Waals surface area contributed by atoms with E-state index in [1.165, 1.54) is 22.8 Å². The van der Waals surface area contributed by atoms with Crippen LogP contribution in [0.15, 0.2) is 82.6 Å². The van der Waals surface area contributed by atoms with Gasteiger partial charge in [0.15, 0.2) is 0 Å². The number of carbonyl (C=O) groups excluding carboxylic acids is 3. The Balaban J connectivity index is 1.37. The highest BCUT2D eigenvalue weighted by molar-refractivity contribution is 8.00. The number of rotatable bonds is 5. The summed E-state index contributed by atoms with van der Waals surface area (Å²) in [5, 5.41) is 12.1. The average Bonchev–Trinajstić information content (AvgIpc) is 3.40. The average molecular weight is 646 g/mol. The van der Waals surface area contributed by atoms with Crippen LogP contribution < -0.4 is 15.1 Å². The molecule has 1 saturated heterocycles. The minimum absolute atomic E-state index is 0.0145. The minimum atomic E-state index is -4.61. The lowest BCUT2D eigenvalue weighted by atomic mass is 9.83. The van der Waals surface area contributed by atoms with E-state index >= 15 is 0 Å². The Labute approximate surface area is 254 Å². The van der Waals surface area contributed by atoms with Gasteiger partial charge in [0.1, 0.15) is 17.5 Å². The largest absolute Gasteiger partial charge is 0.508 e. The Kier molecular flexibility index (Phi) is 7.35. The first-order valence-corrected chi connectivity index (χ1v) is 14.8. The maximum atomic E-state index is 13.9. The Morgan fingerprint density at radius 1 is 0.977 bits per heavy atom. The molecule has 14 heteroatoms. The normalized spacial score (nSPS) is 19.7. The number of amides is 3. The van der Waals surface area contributed by atoms with Crippen LogP contribution >= 0.6 is 34.7 Å². The van der Waals surface area contributed by atoms with Crippen LogP contribution in [0.3, 0.4) is 0 Å². The molecule has 220 valence electrons. The van der Waals surface area contributed by atoms with Gasteiger partial charge in [0, 0.05) is 21.5 Å². The summed E-state index contributed by atoms with van der Waals surface area (Å²) in [4.78, 5) is 54.8. The highest BCUT2D eigenvalue weighted by Gasteiger charge is 2.56. The van der Waals surface area contributed by atoms with Crippen molar-refractivity contribution in [3.63, 3.8) is 0 Å². The Hall–Kier alpha value is -4.07. The molecule has 0 bridgehead atoms. The SMILES string of the molecule is O=C(Cn1c2c(sc1=O)C(c1ccc(O)cc1)C1C(=O)N(c3ccc(Cl)cc3)C(=O)C1S2)Nc1cccc(C(F)(F)F)c1. The third kappa shape index (κ3) is 5.32. The molecule has 6 rings (SSSR count). The lowest BCUT2D eigenvalue weighted by molar-refractivity contribution is -0.137. The summed E-state index contributed by atoms with van der Waals surface area (Å²) in [5.41, 5.74) is -0.124. The highest BCUT2D eigenvalue weighted by atomic mass is 35.5. The summed E-state index contributed by atoms with van der Waals surface area (Å²) >= 11 is 7.83. The van der Waals surface area contributed by atoms with Crippen LogP contribution in [0.2, 0.25) is 5.02 Å². The zero-order chi connectivity index (χ0) is 30.6. The number of imide groups is 1. The summed E-state index contributed by atoms with van der Waals surface area (Å²) in [6, 6.07) is 16.4. The van der Waals surface area contributed by atoms with Crippen molar-refractivity contribution in [3.05, 3.63) is 103 Å². The molecule has 2 aliphatic rings. The highest BCUT2D eigenvalue weighted by Crippen LogP contribution is 2.54. The van der Waals surface area contributed by atoms with E-state index in [4.69, 9.17) is 11.6 Å². The van der Waals surface area contributed by atoms with Gasteiger partial charge in [-0.3, -0.25) is 23.7 Å². The fraction of sp³-hybridized carbons (Fsp3) is 0.172. The van der Waals surface area contributed by atoms with E-state index < -0.39 is 58.0 Å². The number of phenolic OH excluding ortho intramolecular Hbond substituents is 1. The second-order valence-corrected chi connectivity index (χ2v) is 12.4. The van der Waals surface area contributed by atoms with Gasteiger partial charge < -0.3 is 10.4 Å². The first-order chi connectivity index (χ1) is 20.4. The molecule has 0 saturated carbocycles. The summed E-state index contributed by atoms with van der Waals surface area (Å²) in [6.07, 6.45) is -4.61. The van der Waals surface area contributed by atoms with Gasteiger partial charge >= 0.3 is 11.0 Å². The summed E-state index contributed by atoms with van der Waals surface area (Å²) in [6.45, 7) is -0.531. The van der Waals surface area contributed by atoms with Crippen LogP contribution in [0.4, 0.5) is 24.5 Å². The number of hydrogen-bond donors (Lipinski definition) is 2. The van der Waals surface area contributed by atoms with Crippen molar-refractivity contribution in [2.45, 2.75) is 28.9 Å². The number of halogens is 4. The molecule has 1 fully saturated rings. The second kappa shape index (κ2) is 10.9. The van der Waals surface area contributed by atoms with Gasteiger partial charge in [0.25, 0.3) is 0 Å². The zero-order valence-corrected chi connectivity index (χ0v) is 24.1. The molecule has 1 aromatic heterocycles. The molecule has 4 aromatic rings. The number of nitrogens with one attached hydrogen (secondary N) is 1. The van der Waals surface area contributed by atoms with Crippen LogP contribution in [-0.4, -0.2) is 32.6 Å². The fourth-order valence-corrected chi connectivity index (χ4v) is 8.16. The van der Waals surface area contributed by atoms with Crippen LogP contribution in [0, 0.1) is 5.92 Å². The monoisotopic (exact) mass is 645 g/mol. The van der Waals surface area contributed by atoms with Gasteiger partial charge in [0.2, 0.25) is 17.7 Å². The molecule has 3 atom stereocenters. The van der Waals surface area contributed by atoms with Crippen molar-refractivity contribution in [2.24, 2.45) is 5.92 Å². The Morgan fingerprint density at radius 2 is 1.67 bits per heavy atom. The molecule has 2 aliphatic heterocycles. The predicted molar refractivity (Wildman–Crippen MR) is 156 cm³/mol. The van der Waals surface area contributed by atoms with Crippen LogP contribution in [0.5, 0.6) is 5.75 Å². The number of hydrogen-bond acceptors (Lipinski definition) is 7. The molecule has 3 amide bonds. The van der Waals surface area contributed by atoms with Crippen LogP contribution in [0.25, 0.3) is 0 Å². The van der Waals surface area contributed by atoms with Crippen molar-refractivity contribution < 1.29 is 32.7 Å². The van der Waals surface area contributed by atoms with Crippen molar-refractivity contribution in [1.29, 1.82) is 0 Å². The van der Waals surface area contributed by atoms with E-state index in [2.05, 4.69) is 5.32 Å². The van der Waals surface area contributed by atoms with Crippen LogP contribution in [-0.2, 0) is 27.1 Å². The number of fused-ring (bicyclic) bond motifs is 2. The molecule has 2 N–H and O–H groups in total. The number of aromatic hydroxyl groups is 1. The van der Waals surface area contributed by atoms with E-state index in [0.717, 1.165) is 46.2 Å². The minimum Gasteiger partial charge on any atom is -0.508 e. The number of thiazole rings is 1. The van der Waals surface area contributed by atoms with Gasteiger partial charge in [0.05, 0.1) is 22.2 Å². The topological polar surface area (TPSA) is 109 Å². The molecular formula is C29H19ClF3N3O5S2. The standard InChI is InChI=1S/C29H19ClF3N3O5S2/c30-16-6-8-18(9-7-16)36-25(39)22-21(14-4-10-19(37)11-5-14)24-27(42-23(22)26(36)40)35(28(41)43-24)13-20(38)34-17-3-1-2-15(12-17)29(31,32)33/h1-12,21-23,37H,13H2,(H,34,38). The smallest absolute Gasteiger partial charge is 0.416 e. The third-order valence-electron chi connectivity index (χ3n) is 7.16. The van der Waals surface area contributed by atoms with Gasteiger partial charge in [-0.25, -0.2) is 4.90 Å². The van der Waals surface area contributed by atoms with Crippen molar-refractivity contribution >= 4 is 63.8 Å². The Bertz CT molecular complexity index is 1820. The molecule has 8 nitrogen and oxygen atoms in total. The summed E-state index contributed by atoms with van der Waals surface area (Å²) in [7, 11) is 0. The maximum Gasteiger partial charge on any atom is 0.416 e. The second-order valence-electron chi connectivity index (χ2n) is 9.87. The van der Waals surface area contributed by atoms with E-state index in [-0.39, 0.29) is 11.4 Å². The van der Waals surface area contributed by atoms with Gasteiger partial charge in [-0.15, -0.1) is 0 Å². The molecule has 0 radical (unpaired) electrons. The first kappa shape index (κ1) is 29.0. The van der Waals surface area contributed by atoms with E-state index in [1.807, 2.05) is 0 Å². The number of carbonyl (C=O) groups is 3. The molecule has 3 unspecified atom stereocenters.